The summed E-state index contributed by atoms with van der Waals surface area (Å²) in [6.45, 7) is 8.32. The van der Waals surface area contributed by atoms with Gasteiger partial charge < -0.3 is 11.1 Å². The fourth-order valence-corrected chi connectivity index (χ4v) is 2.32. The van der Waals surface area contributed by atoms with Crippen molar-refractivity contribution in [3.8, 4) is 0 Å². The van der Waals surface area contributed by atoms with Crippen LogP contribution in [0.15, 0.2) is 0 Å². The zero-order valence-corrected chi connectivity index (χ0v) is 11.8. The van der Waals surface area contributed by atoms with Crippen LogP contribution in [-0.4, -0.2) is 18.0 Å². The van der Waals surface area contributed by atoms with Crippen LogP contribution in [0.2, 0.25) is 0 Å². The first-order chi connectivity index (χ1) is 7.80. The minimum absolute atomic E-state index is 0.0112. The summed E-state index contributed by atoms with van der Waals surface area (Å²) >= 11 is 0. The summed E-state index contributed by atoms with van der Waals surface area (Å²) in [5, 5.41) is 3.12. The lowest BCUT2D eigenvalue weighted by atomic mass is 9.86. The van der Waals surface area contributed by atoms with E-state index in [1.807, 2.05) is 20.8 Å². The molecule has 17 heavy (non-hydrogen) atoms. The normalized spacial score (nSPS) is 28.3. The molecule has 3 N–H and O–H groups in total. The van der Waals surface area contributed by atoms with Gasteiger partial charge in [-0.1, -0.05) is 40.5 Å². The second-order valence-corrected chi connectivity index (χ2v) is 6.66. The molecule has 0 spiro atoms. The van der Waals surface area contributed by atoms with Crippen molar-refractivity contribution in [1.82, 2.24) is 5.32 Å². The van der Waals surface area contributed by atoms with Gasteiger partial charge in [0.25, 0.3) is 0 Å². The second kappa shape index (κ2) is 5.85. The van der Waals surface area contributed by atoms with Crippen molar-refractivity contribution in [2.45, 2.75) is 71.9 Å². The van der Waals surface area contributed by atoms with Crippen LogP contribution in [-0.2, 0) is 4.79 Å². The molecule has 3 nitrogen and oxygen atoms in total. The monoisotopic (exact) mass is 240 g/mol. The van der Waals surface area contributed by atoms with Gasteiger partial charge in [-0.3, -0.25) is 4.79 Å². The van der Waals surface area contributed by atoms with Crippen molar-refractivity contribution >= 4 is 5.91 Å². The van der Waals surface area contributed by atoms with Crippen molar-refractivity contribution in [3.63, 3.8) is 0 Å². The maximum atomic E-state index is 12.0. The Morgan fingerprint density at radius 1 is 1.24 bits per heavy atom. The highest BCUT2D eigenvalue weighted by Gasteiger charge is 2.29. The number of hydrogen-bond acceptors (Lipinski definition) is 2. The summed E-state index contributed by atoms with van der Waals surface area (Å²) in [4.78, 5) is 12.0. The van der Waals surface area contributed by atoms with E-state index in [0.717, 1.165) is 18.8 Å². The predicted molar refractivity (Wildman–Crippen MR) is 71.6 cm³/mol. The summed E-state index contributed by atoms with van der Waals surface area (Å²) < 4.78 is 0. The first-order valence-corrected chi connectivity index (χ1v) is 6.86. The quantitative estimate of drug-likeness (QED) is 0.728. The molecule has 0 bridgehead atoms. The van der Waals surface area contributed by atoms with Crippen molar-refractivity contribution < 1.29 is 4.79 Å². The maximum Gasteiger partial charge on any atom is 0.237 e. The van der Waals surface area contributed by atoms with Crippen molar-refractivity contribution in [2.24, 2.45) is 17.1 Å². The van der Waals surface area contributed by atoms with E-state index in [1.165, 1.54) is 19.3 Å². The first-order valence-electron chi connectivity index (χ1n) is 6.86. The number of amides is 1. The van der Waals surface area contributed by atoms with E-state index in [0.29, 0.717) is 6.04 Å². The van der Waals surface area contributed by atoms with Gasteiger partial charge in [-0.15, -0.1) is 0 Å². The van der Waals surface area contributed by atoms with E-state index < -0.39 is 6.04 Å². The van der Waals surface area contributed by atoms with E-state index >= 15 is 0 Å². The standard InChI is InChI=1S/C14H28N2O/c1-10-6-5-7-11(9-8-10)16-13(17)12(15)14(2,3)4/h10-12H,5-9,15H2,1-4H3,(H,16,17). The molecule has 0 heterocycles. The van der Waals surface area contributed by atoms with Gasteiger partial charge in [-0.05, 0) is 30.6 Å². The fraction of sp³-hybridized carbons (Fsp3) is 0.929. The molecule has 3 heteroatoms. The SMILES string of the molecule is CC1CCCC(NC(=O)C(N)C(C)(C)C)CC1. The minimum Gasteiger partial charge on any atom is -0.352 e. The number of carbonyl (C=O) groups is 1. The van der Waals surface area contributed by atoms with Gasteiger partial charge in [0.05, 0.1) is 6.04 Å². The molecule has 0 radical (unpaired) electrons. The Kier molecular flexibility index (Phi) is 4.99. The largest absolute Gasteiger partial charge is 0.352 e. The van der Waals surface area contributed by atoms with Gasteiger partial charge in [0, 0.05) is 6.04 Å². The van der Waals surface area contributed by atoms with Gasteiger partial charge in [-0.2, -0.15) is 0 Å². The Labute approximate surface area is 106 Å². The third kappa shape index (κ3) is 4.66. The molecule has 0 aromatic rings. The molecule has 0 aliphatic heterocycles. The zero-order valence-electron chi connectivity index (χ0n) is 11.8. The lowest BCUT2D eigenvalue weighted by Gasteiger charge is -2.28. The van der Waals surface area contributed by atoms with Gasteiger partial charge >= 0.3 is 0 Å². The third-order valence-electron chi connectivity index (χ3n) is 3.82. The number of nitrogens with two attached hydrogens (primary N) is 1. The van der Waals surface area contributed by atoms with E-state index in [1.54, 1.807) is 0 Å². The molecule has 1 rings (SSSR count). The molecule has 0 aromatic heterocycles. The summed E-state index contributed by atoms with van der Waals surface area (Å²) in [5.41, 5.74) is 5.80. The lowest BCUT2D eigenvalue weighted by Crippen LogP contribution is -2.51. The molecule has 0 saturated heterocycles. The molecular weight excluding hydrogens is 212 g/mol. The summed E-state index contributed by atoms with van der Waals surface area (Å²) in [7, 11) is 0. The van der Waals surface area contributed by atoms with Gasteiger partial charge in [0.1, 0.15) is 0 Å². The van der Waals surface area contributed by atoms with E-state index in [4.69, 9.17) is 5.73 Å². The summed E-state index contributed by atoms with van der Waals surface area (Å²) in [5.74, 6) is 0.810. The Hall–Kier alpha value is -0.570. The number of rotatable bonds is 2. The zero-order chi connectivity index (χ0) is 13.1. The predicted octanol–water partition coefficient (Wildman–Crippen LogP) is 2.44. The molecule has 100 valence electrons. The van der Waals surface area contributed by atoms with Gasteiger partial charge in [0.2, 0.25) is 5.91 Å². The average Bonchev–Trinajstić information content (AvgIpc) is 2.41. The molecule has 3 atom stereocenters. The van der Waals surface area contributed by atoms with Crippen LogP contribution in [0.4, 0.5) is 0 Å². The molecule has 1 fully saturated rings. The third-order valence-corrected chi connectivity index (χ3v) is 3.82. The van der Waals surface area contributed by atoms with E-state index in [-0.39, 0.29) is 11.3 Å². The highest BCUT2D eigenvalue weighted by molar-refractivity contribution is 5.82. The average molecular weight is 240 g/mol. The summed E-state index contributed by atoms with van der Waals surface area (Å²) in [6, 6.07) is -0.0796. The second-order valence-electron chi connectivity index (χ2n) is 6.66. The minimum atomic E-state index is -0.414. The molecule has 0 aromatic carbocycles. The fourth-order valence-electron chi connectivity index (χ4n) is 2.32. The summed E-state index contributed by atoms with van der Waals surface area (Å²) in [6.07, 6.45) is 5.93. The van der Waals surface area contributed by atoms with Gasteiger partial charge in [0.15, 0.2) is 0 Å². The highest BCUT2D eigenvalue weighted by Crippen LogP contribution is 2.23. The topological polar surface area (TPSA) is 55.1 Å². The van der Waals surface area contributed by atoms with Crippen LogP contribution in [0.1, 0.15) is 59.8 Å². The Morgan fingerprint density at radius 2 is 1.88 bits per heavy atom. The number of nitrogens with one attached hydrogen (secondary N) is 1. The molecule has 1 aliphatic carbocycles. The van der Waals surface area contributed by atoms with Gasteiger partial charge in [-0.25, -0.2) is 0 Å². The van der Waals surface area contributed by atoms with E-state index in [9.17, 15) is 4.79 Å². The molecule has 3 unspecified atom stereocenters. The molecular formula is C14H28N2O. The van der Waals surface area contributed by atoms with Crippen LogP contribution in [0.3, 0.4) is 0 Å². The van der Waals surface area contributed by atoms with Crippen LogP contribution in [0, 0.1) is 11.3 Å². The van der Waals surface area contributed by atoms with Crippen LogP contribution in [0.5, 0.6) is 0 Å². The molecule has 1 saturated carbocycles. The molecule has 1 aliphatic rings. The Bertz CT molecular complexity index is 257. The Morgan fingerprint density at radius 3 is 2.47 bits per heavy atom. The van der Waals surface area contributed by atoms with Crippen molar-refractivity contribution in [1.29, 1.82) is 0 Å². The van der Waals surface area contributed by atoms with Crippen molar-refractivity contribution in [2.75, 3.05) is 0 Å². The van der Waals surface area contributed by atoms with Crippen LogP contribution in [0.25, 0.3) is 0 Å². The lowest BCUT2D eigenvalue weighted by molar-refractivity contribution is -0.125. The first kappa shape index (κ1) is 14.5. The Balaban J connectivity index is 2.45. The van der Waals surface area contributed by atoms with E-state index in [2.05, 4.69) is 12.2 Å². The smallest absolute Gasteiger partial charge is 0.237 e. The number of carbonyl (C=O) groups excluding carboxylic acids is 1. The van der Waals surface area contributed by atoms with Crippen molar-refractivity contribution in [3.05, 3.63) is 0 Å². The van der Waals surface area contributed by atoms with Crippen LogP contribution < -0.4 is 11.1 Å². The molecule has 1 amide bonds. The maximum absolute atomic E-state index is 12.0. The number of hydrogen-bond donors (Lipinski definition) is 2. The van der Waals surface area contributed by atoms with Crippen LogP contribution >= 0.6 is 0 Å². The highest BCUT2D eigenvalue weighted by atomic mass is 16.2.